The lowest BCUT2D eigenvalue weighted by Crippen LogP contribution is -2.17. The molecule has 13 heavy (non-hydrogen) atoms. The summed E-state index contributed by atoms with van der Waals surface area (Å²) in [5.41, 5.74) is 0. The largest absolute Gasteiger partial charge is 0.309 e. The van der Waals surface area contributed by atoms with Gasteiger partial charge in [-0.25, -0.2) is 0 Å². The first-order valence-corrected chi connectivity index (χ1v) is 6.68. The molecule has 0 N–H and O–H groups in total. The maximum absolute atomic E-state index is 2.27. The lowest BCUT2D eigenvalue weighted by Gasteiger charge is -2.08. The van der Waals surface area contributed by atoms with E-state index in [2.05, 4.69) is 49.3 Å². The predicted octanol–water partition coefficient (Wildman–Crippen LogP) is 0.851. The van der Waals surface area contributed by atoms with E-state index < -0.39 is 0 Å². The monoisotopic (exact) mass is 193 g/mol. The van der Waals surface area contributed by atoms with E-state index in [9.17, 15) is 0 Å². The van der Waals surface area contributed by atoms with Crippen molar-refractivity contribution < 1.29 is 0 Å². The van der Waals surface area contributed by atoms with E-state index in [-0.39, 0.29) is 9.52 Å². The zero-order chi connectivity index (χ0) is 9.52. The average Bonchev–Trinajstić information content (AvgIpc) is 2.14. The summed E-state index contributed by atoms with van der Waals surface area (Å²) in [5.74, 6) is 0. The first-order chi connectivity index (χ1) is 6.29. The molecule has 0 atom stereocenters. The summed E-state index contributed by atoms with van der Waals surface area (Å²) in [7, 11) is 4.30. The van der Waals surface area contributed by atoms with E-state index in [0.29, 0.717) is 0 Å². The molecule has 0 aromatic heterocycles. The van der Waals surface area contributed by atoms with Crippen molar-refractivity contribution in [3.63, 3.8) is 0 Å². The Hall–Kier alpha value is -0.603. The summed E-state index contributed by atoms with van der Waals surface area (Å²) in [4.78, 5) is 2.26. The highest BCUT2D eigenvalue weighted by Crippen LogP contribution is 1.91. The van der Waals surface area contributed by atoms with Gasteiger partial charge in [0.1, 0.15) is 0 Å². The molecule has 2 heteroatoms. The number of rotatable bonds is 5. The molecule has 0 amide bonds. The van der Waals surface area contributed by atoms with Gasteiger partial charge in [-0.3, -0.25) is 0 Å². The van der Waals surface area contributed by atoms with Crippen LogP contribution in [0.5, 0.6) is 0 Å². The highest BCUT2D eigenvalue weighted by molar-refractivity contribution is 6.53. The van der Waals surface area contributed by atoms with Crippen LogP contribution in [0.15, 0.2) is 30.3 Å². The molecule has 0 heterocycles. The Kier molecular flexibility index (Phi) is 4.79. The predicted molar refractivity (Wildman–Crippen MR) is 62.6 cm³/mol. The molecule has 0 fully saturated rings. The summed E-state index contributed by atoms with van der Waals surface area (Å²) in [5, 5.41) is 1.60. The van der Waals surface area contributed by atoms with Gasteiger partial charge in [0.25, 0.3) is 0 Å². The second-order valence-corrected chi connectivity index (χ2v) is 5.77. The summed E-state index contributed by atoms with van der Waals surface area (Å²) < 4.78 is 0. The fraction of sp³-hybridized carbons (Fsp3) is 0.455. The summed E-state index contributed by atoms with van der Waals surface area (Å²) in [6.45, 7) is 1.24. The highest BCUT2D eigenvalue weighted by Gasteiger charge is 1.93. The molecule has 0 spiro atoms. The maximum atomic E-state index is 2.27. The molecule has 0 aliphatic rings. The van der Waals surface area contributed by atoms with Gasteiger partial charge in [-0.05, 0) is 27.1 Å². The van der Waals surface area contributed by atoms with Crippen molar-refractivity contribution in [2.75, 3.05) is 20.6 Å². The van der Waals surface area contributed by atoms with Crippen molar-refractivity contribution in [3.05, 3.63) is 30.3 Å². The molecule has 0 aliphatic carbocycles. The topological polar surface area (TPSA) is 3.24 Å². The van der Waals surface area contributed by atoms with Crippen molar-refractivity contribution in [2.45, 2.75) is 12.5 Å². The van der Waals surface area contributed by atoms with E-state index >= 15 is 0 Å². The molecule has 1 aromatic carbocycles. The third kappa shape index (κ3) is 4.86. The van der Waals surface area contributed by atoms with E-state index in [4.69, 9.17) is 0 Å². The highest BCUT2D eigenvalue weighted by atomic mass is 28.2. The van der Waals surface area contributed by atoms with Crippen LogP contribution in [0, 0.1) is 0 Å². The van der Waals surface area contributed by atoms with Crippen LogP contribution in [0.25, 0.3) is 0 Å². The molecule has 1 aromatic rings. The number of hydrogen-bond donors (Lipinski definition) is 0. The Morgan fingerprint density at radius 1 is 1.15 bits per heavy atom. The van der Waals surface area contributed by atoms with Gasteiger partial charge in [0.15, 0.2) is 0 Å². The van der Waals surface area contributed by atoms with Gasteiger partial charge in [-0.1, -0.05) is 41.6 Å². The van der Waals surface area contributed by atoms with E-state index in [1.165, 1.54) is 19.0 Å². The molecule has 0 saturated heterocycles. The van der Waals surface area contributed by atoms with Gasteiger partial charge >= 0.3 is 0 Å². The SMILES string of the molecule is CN(C)CCC[SiH2]c1ccccc1. The summed E-state index contributed by atoms with van der Waals surface area (Å²) >= 11 is 0. The number of benzene rings is 1. The summed E-state index contributed by atoms with van der Waals surface area (Å²) in [6, 6.07) is 12.4. The molecule has 0 unspecified atom stereocenters. The van der Waals surface area contributed by atoms with Crippen LogP contribution in [0.2, 0.25) is 6.04 Å². The zero-order valence-corrected chi connectivity index (χ0v) is 10.1. The van der Waals surface area contributed by atoms with Crippen molar-refractivity contribution in [1.82, 2.24) is 4.90 Å². The molecule has 0 bridgehead atoms. The molecular weight excluding hydrogens is 174 g/mol. The molecule has 0 aliphatic heterocycles. The smallest absolute Gasteiger partial charge is 0.0548 e. The Morgan fingerprint density at radius 3 is 2.46 bits per heavy atom. The number of nitrogens with zero attached hydrogens (tertiary/aromatic N) is 1. The van der Waals surface area contributed by atoms with Crippen molar-refractivity contribution >= 4 is 14.7 Å². The fourth-order valence-corrected chi connectivity index (χ4v) is 2.89. The Balaban J connectivity index is 2.13. The lowest BCUT2D eigenvalue weighted by molar-refractivity contribution is 0.408. The van der Waals surface area contributed by atoms with Gasteiger partial charge in [-0.2, -0.15) is 0 Å². The standard InChI is InChI=1S/C11H19NSi/c1-12(2)9-6-10-13-11-7-4-3-5-8-11/h3-5,7-8H,6,9-10,13H2,1-2H3. The maximum Gasteiger partial charge on any atom is 0.0548 e. The molecule has 0 radical (unpaired) electrons. The van der Waals surface area contributed by atoms with Gasteiger partial charge in [0, 0.05) is 0 Å². The van der Waals surface area contributed by atoms with E-state index in [1.807, 2.05) is 0 Å². The fourth-order valence-electron chi connectivity index (χ4n) is 1.40. The Labute approximate surface area is 83.6 Å². The minimum atomic E-state index is 0.0190. The third-order valence-electron chi connectivity index (χ3n) is 2.16. The number of hydrogen-bond acceptors (Lipinski definition) is 1. The molecule has 72 valence electrons. The van der Waals surface area contributed by atoms with Crippen LogP contribution in [0.1, 0.15) is 6.42 Å². The van der Waals surface area contributed by atoms with Crippen LogP contribution in [0.3, 0.4) is 0 Å². The van der Waals surface area contributed by atoms with Crippen LogP contribution < -0.4 is 5.19 Å². The third-order valence-corrected chi connectivity index (χ3v) is 4.07. The van der Waals surface area contributed by atoms with Gasteiger partial charge < -0.3 is 4.90 Å². The second-order valence-electron chi connectivity index (χ2n) is 3.75. The average molecular weight is 193 g/mol. The van der Waals surface area contributed by atoms with Crippen LogP contribution in [-0.2, 0) is 0 Å². The minimum Gasteiger partial charge on any atom is -0.309 e. The van der Waals surface area contributed by atoms with Gasteiger partial charge in [0.05, 0.1) is 9.52 Å². The quantitative estimate of drug-likeness (QED) is 0.495. The molecule has 0 saturated carbocycles. The van der Waals surface area contributed by atoms with Crippen molar-refractivity contribution in [3.8, 4) is 0 Å². The first kappa shape index (κ1) is 10.5. The van der Waals surface area contributed by atoms with Crippen molar-refractivity contribution in [1.29, 1.82) is 0 Å². The minimum absolute atomic E-state index is 0.0190. The van der Waals surface area contributed by atoms with E-state index in [0.717, 1.165) is 0 Å². The Bertz CT molecular complexity index is 221. The van der Waals surface area contributed by atoms with Gasteiger partial charge in [0.2, 0.25) is 0 Å². The second kappa shape index (κ2) is 5.94. The van der Waals surface area contributed by atoms with Crippen molar-refractivity contribution in [2.24, 2.45) is 0 Å². The Morgan fingerprint density at radius 2 is 1.85 bits per heavy atom. The summed E-state index contributed by atoms with van der Waals surface area (Å²) in [6.07, 6.45) is 1.36. The molecular formula is C11H19NSi. The molecule has 1 rings (SSSR count). The first-order valence-electron chi connectivity index (χ1n) is 4.97. The zero-order valence-electron chi connectivity index (χ0n) is 8.66. The lowest BCUT2D eigenvalue weighted by atomic mass is 10.4. The van der Waals surface area contributed by atoms with Crippen LogP contribution >= 0.6 is 0 Å². The molecule has 1 nitrogen and oxygen atoms in total. The van der Waals surface area contributed by atoms with Crippen LogP contribution in [-0.4, -0.2) is 35.1 Å². The van der Waals surface area contributed by atoms with Crippen LogP contribution in [0.4, 0.5) is 0 Å². The van der Waals surface area contributed by atoms with Gasteiger partial charge in [-0.15, -0.1) is 0 Å². The normalized spacial score (nSPS) is 11.6. The van der Waals surface area contributed by atoms with E-state index in [1.54, 1.807) is 5.19 Å².